The second-order valence-corrected chi connectivity index (χ2v) is 7.66. The van der Waals surface area contributed by atoms with Gasteiger partial charge in [-0.3, -0.25) is 9.69 Å². The van der Waals surface area contributed by atoms with Gasteiger partial charge in [-0.1, -0.05) is 13.0 Å². The molecule has 0 spiro atoms. The summed E-state index contributed by atoms with van der Waals surface area (Å²) in [6.07, 6.45) is 4.17. The van der Waals surface area contributed by atoms with Gasteiger partial charge in [0.2, 0.25) is 0 Å². The van der Waals surface area contributed by atoms with Crippen LogP contribution in [0.5, 0.6) is 0 Å². The molecule has 1 saturated heterocycles. The lowest BCUT2D eigenvalue weighted by Crippen LogP contribution is -2.49. The third-order valence-electron chi connectivity index (χ3n) is 6.08. The fraction of sp³-hybridized carbons (Fsp3) is 0.682. The van der Waals surface area contributed by atoms with Crippen LogP contribution in [0.2, 0.25) is 0 Å². The molecular weight excluding hydrogens is 338 g/mol. The normalized spacial score (nSPS) is 22.2. The zero-order valence-corrected chi connectivity index (χ0v) is 17.2. The zero-order valence-electron chi connectivity index (χ0n) is 17.2. The summed E-state index contributed by atoms with van der Waals surface area (Å²) in [5.74, 6) is 0.120. The standard InChI is InChI=1S/C22H35N3O2/c1-4-11-25-12-13-27-21-18-15-19(22(26)24(5-2)6-3)17(9-10-23)14-16(18)7-8-20(21)25/h14-15,20-21H,4-13,23H2,1-3H3. The fourth-order valence-electron chi connectivity index (χ4n) is 4.70. The molecule has 2 N–H and O–H groups in total. The van der Waals surface area contributed by atoms with E-state index >= 15 is 0 Å². The minimum Gasteiger partial charge on any atom is -0.371 e. The molecule has 0 bridgehead atoms. The van der Waals surface area contributed by atoms with Gasteiger partial charge >= 0.3 is 0 Å². The number of aryl methyl sites for hydroxylation is 1. The van der Waals surface area contributed by atoms with E-state index in [-0.39, 0.29) is 12.0 Å². The van der Waals surface area contributed by atoms with E-state index in [9.17, 15) is 4.79 Å². The molecule has 1 fully saturated rings. The highest BCUT2D eigenvalue weighted by Crippen LogP contribution is 2.39. The van der Waals surface area contributed by atoms with Crippen LogP contribution in [0, 0.1) is 0 Å². The van der Waals surface area contributed by atoms with Crippen molar-refractivity contribution >= 4 is 5.91 Å². The number of benzene rings is 1. The molecule has 2 unspecified atom stereocenters. The van der Waals surface area contributed by atoms with Gasteiger partial charge in [0, 0.05) is 31.2 Å². The number of hydrogen-bond acceptors (Lipinski definition) is 4. The van der Waals surface area contributed by atoms with Gasteiger partial charge in [0.25, 0.3) is 5.91 Å². The van der Waals surface area contributed by atoms with Crippen molar-refractivity contribution in [1.82, 2.24) is 9.80 Å². The number of fused-ring (bicyclic) bond motifs is 3. The molecule has 2 aliphatic rings. The molecule has 1 heterocycles. The van der Waals surface area contributed by atoms with Crippen LogP contribution in [-0.4, -0.2) is 61.1 Å². The Labute approximate surface area is 163 Å². The zero-order chi connectivity index (χ0) is 19.4. The van der Waals surface area contributed by atoms with Crippen LogP contribution in [-0.2, 0) is 17.6 Å². The Kier molecular flexibility index (Phi) is 6.90. The first-order valence-corrected chi connectivity index (χ1v) is 10.6. The molecule has 0 saturated carbocycles. The van der Waals surface area contributed by atoms with Gasteiger partial charge in [-0.05, 0) is 75.4 Å². The summed E-state index contributed by atoms with van der Waals surface area (Å²) < 4.78 is 6.24. The van der Waals surface area contributed by atoms with Gasteiger partial charge < -0.3 is 15.4 Å². The predicted molar refractivity (Wildman–Crippen MR) is 109 cm³/mol. The Morgan fingerprint density at radius 3 is 2.74 bits per heavy atom. The number of nitrogens with two attached hydrogens (primary N) is 1. The van der Waals surface area contributed by atoms with Crippen LogP contribution >= 0.6 is 0 Å². The Hall–Kier alpha value is -1.43. The molecule has 5 heteroatoms. The number of amides is 1. The van der Waals surface area contributed by atoms with Crippen LogP contribution in [0.1, 0.15) is 66.8 Å². The second kappa shape index (κ2) is 9.18. The maximum atomic E-state index is 13.1. The summed E-state index contributed by atoms with van der Waals surface area (Å²) in [6.45, 7) is 11.2. The Bertz CT molecular complexity index is 655. The van der Waals surface area contributed by atoms with Crippen molar-refractivity contribution in [2.75, 3.05) is 39.3 Å². The van der Waals surface area contributed by atoms with Crippen LogP contribution in [0.4, 0.5) is 0 Å². The number of carbonyl (C=O) groups excluding carboxylic acids is 1. The number of ether oxygens (including phenoxy) is 1. The van der Waals surface area contributed by atoms with Crippen molar-refractivity contribution in [3.8, 4) is 0 Å². The highest BCUT2D eigenvalue weighted by Gasteiger charge is 2.37. The molecule has 1 amide bonds. The van der Waals surface area contributed by atoms with Crippen molar-refractivity contribution in [3.63, 3.8) is 0 Å². The molecule has 1 aromatic carbocycles. The van der Waals surface area contributed by atoms with E-state index in [0.29, 0.717) is 12.6 Å². The maximum absolute atomic E-state index is 13.1. The number of rotatable bonds is 7. The SMILES string of the molecule is CCCN1CCOC2c3cc(C(=O)N(CC)CC)c(CCN)cc3CCC21. The van der Waals surface area contributed by atoms with E-state index in [1.165, 1.54) is 11.1 Å². The summed E-state index contributed by atoms with van der Waals surface area (Å²) >= 11 is 0. The molecule has 1 aromatic rings. The maximum Gasteiger partial charge on any atom is 0.254 e. The van der Waals surface area contributed by atoms with E-state index in [2.05, 4.69) is 24.0 Å². The largest absolute Gasteiger partial charge is 0.371 e. The minimum atomic E-state index is 0.0872. The van der Waals surface area contributed by atoms with E-state index in [4.69, 9.17) is 10.5 Å². The fourth-order valence-corrected chi connectivity index (χ4v) is 4.70. The van der Waals surface area contributed by atoms with Crippen LogP contribution in [0.25, 0.3) is 0 Å². The molecule has 150 valence electrons. The van der Waals surface area contributed by atoms with Gasteiger partial charge in [0.1, 0.15) is 0 Å². The van der Waals surface area contributed by atoms with Crippen molar-refractivity contribution < 1.29 is 9.53 Å². The van der Waals surface area contributed by atoms with E-state index in [1.54, 1.807) is 0 Å². The van der Waals surface area contributed by atoms with Gasteiger partial charge in [-0.25, -0.2) is 0 Å². The topological polar surface area (TPSA) is 58.8 Å². The average Bonchev–Trinajstić information content (AvgIpc) is 2.68. The molecule has 27 heavy (non-hydrogen) atoms. The lowest BCUT2D eigenvalue weighted by molar-refractivity contribution is -0.0801. The monoisotopic (exact) mass is 373 g/mol. The summed E-state index contributed by atoms with van der Waals surface area (Å²) in [6, 6.07) is 4.80. The molecule has 3 rings (SSSR count). The third-order valence-corrected chi connectivity index (χ3v) is 6.08. The summed E-state index contributed by atoms with van der Waals surface area (Å²) in [4.78, 5) is 17.6. The molecular formula is C22H35N3O2. The first-order valence-electron chi connectivity index (χ1n) is 10.6. The molecule has 2 atom stereocenters. The number of nitrogens with zero attached hydrogens (tertiary/aromatic N) is 2. The van der Waals surface area contributed by atoms with Crippen LogP contribution in [0.15, 0.2) is 12.1 Å². The van der Waals surface area contributed by atoms with Crippen molar-refractivity contribution in [2.24, 2.45) is 5.73 Å². The van der Waals surface area contributed by atoms with Gasteiger partial charge in [0.05, 0.1) is 12.7 Å². The second-order valence-electron chi connectivity index (χ2n) is 7.66. The lowest BCUT2D eigenvalue weighted by atomic mass is 9.81. The van der Waals surface area contributed by atoms with E-state index < -0.39 is 0 Å². The highest BCUT2D eigenvalue weighted by atomic mass is 16.5. The third kappa shape index (κ3) is 4.05. The molecule has 5 nitrogen and oxygen atoms in total. The van der Waals surface area contributed by atoms with Crippen molar-refractivity contribution in [3.05, 3.63) is 34.4 Å². The van der Waals surface area contributed by atoms with Gasteiger partial charge in [-0.15, -0.1) is 0 Å². The summed E-state index contributed by atoms with van der Waals surface area (Å²) in [7, 11) is 0. The first-order chi connectivity index (χ1) is 13.1. The number of morpholine rings is 1. The predicted octanol–water partition coefficient (Wildman–Crippen LogP) is 2.77. The van der Waals surface area contributed by atoms with Crippen molar-refractivity contribution in [1.29, 1.82) is 0 Å². The summed E-state index contributed by atoms with van der Waals surface area (Å²) in [5, 5.41) is 0. The number of hydrogen-bond donors (Lipinski definition) is 1. The Morgan fingerprint density at radius 2 is 2.07 bits per heavy atom. The smallest absolute Gasteiger partial charge is 0.254 e. The van der Waals surface area contributed by atoms with Crippen LogP contribution < -0.4 is 5.73 Å². The van der Waals surface area contributed by atoms with E-state index in [1.807, 2.05) is 18.7 Å². The quantitative estimate of drug-likeness (QED) is 0.798. The molecule has 0 radical (unpaired) electrons. The van der Waals surface area contributed by atoms with Gasteiger partial charge in [0.15, 0.2) is 0 Å². The van der Waals surface area contributed by atoms with E-state index in [0.717, 1.165) is 69.6 Å². The Balaban J connectivity index is 1.99. The lowest BCUT2D eigenvalue weighted by Gasteiger charge is -2.45. The van der Waals surface area contributed by atoms with Crippen molar-refractivity contribution in [2.45, 2.75) is 58.6 Å². The Morgan fingerprint density at radius 1 is 1.30 bits per heavy atom. The minimum absolute atomic E-state index is 0.0872. The number of carbonyl (C=O) groups is 1. The summed E-state index contributed by atoms with van der Waals surface area (Å²) in [5.41, 5.74) is 10.3. The highest BCUT2D eigenvalue weighted by molar-refractivity contribution is 5.96. The average molecular weight is 374 g/mol. The molecule has 0 aromatic heterocycles. The first kappa shape index (κ1) is 20.3. The molecule has 1 aliphatic heterocycles. The molecule has 1 aliphatic carbocycles. The van der Waals surface area contributed by atoms with Crippen LogP contribution in [0.3, 0.4) is 0 Å². The van der Waals surface area contributed by atoms with Gasteiger partial charge in [-0.2, -0.15) is 0 Å².